The molecule has 0 radical (unpaired) electrons. The van der Waals surface area contributed by atoms with E-state index in [9.17, 15) is 0 Å². The van der Waals surface area contributed by atoms with E-state index in [-0.39, 0.29) is 0 Å². The fourth-order valence-corrected chi connectivity index (χ4v) is 2.04. The maximum absolute atomic E-state index is 2.27. The smallest absolute Gasteiger partial charge is 0.00311 e. The third-order valence-electron chi connectivity index (χ3n) is 1.92. The van der Waals surface area contributed by atoms with Gasteiger partial charge in [-0.05, 0) is 23.8 Å². The van der Waals surface area contributed by atoms with Gasteiger partial charge in [-0.2, -0.15) is 11.8 Å². The summed E-state index contributed by atoms with van der Waals surface area (Å²) < 4.78 is 0. The first-order valence-electron chi connectivity index (χ1n) is 4.01. The normalized spacial score (nSPS) is 19.7. The van der Waals surface area contributed by atoms with Crippen molar-refractivity contribution in [1.82, 2.24) is 0 Å². The molecule has 1 rings (SSSR count). The average Bonchev–Trinajstić information content (AvgIpc) is 1.76. The Bertz CT molecular complexity index is 67.0. The van der Waals surface area contributed by atoms with Crippen LogP contribution in [-0.4, -0.2) is 11.5 Å². The molecule has 0 atom stereocenters. The zero-order valence-electron chi connectivity index (χ0n) is 6.23. The molecule has 0 aromatic carbocycles. The monoisotopic (exact) mass is 144 g/mol. The Morgan fingerprint density at radius 3 is 2.56 bits per heavy atom. The number of unbranched alkanes of at least 4 members (excludes halogenated alkanes) is 2. The van der Waals surface area contributed by atoms with Gasteiger partial charge >= 0.3 is 0 Å². The Balaban J connectivity index is 1.80. The summed E-state index contributed by atoms with van der Waals surface area (Å²) in [5, 5.41) is 0. The van der Waals surface area contributed by atoms with E-state index >= 15 is 0 Å². The maximum atomic E-state index is 2.27. The molecule has 0 saturated carbocycles. The van der Waals surface area contributed by atoms with Crippen molar-refractivity contribution in [1.29, 1.82) is 0 Å². The van der Waals surface area contributed by atoms with Crippen LogP contribution in [0.1, 0.15) is 32.6 Å². The van der Waals surface area contributed by atoms with Gasteiger partial charge in [-0.15, -0.1) is 0 Å². The van der Waals surface area contributed by atoms with E-state index in [1.54, 1.807) is 0 Å². The lowest BCUT2D eigenvalue weighted by Gasteiger charge is -2.24. The lowest BCUT2D eigenvalue weighted by atomic mass is 10.0. The molecule has 1 heterocycles. The molecule has 54 valence electrons. The second kappa shape index (κ2) is 4.21. The molecule has 1 aliphatic rings. The molecule has 0 bridgehead atoms. The summed E-state index contributed by atoms with van der Waals surface area (Å²) in [7, 11) is 0. The molecule has 1 heteroatoms. The third kappa shape index (κ3) is 2.61. The quantitative estimate of drug-likeness (QED) is 0.547. The Morgan fingerprint density at radius 2 is 2.11 bits per heavy atom. The fraction of sp³-hybridized carbons (Fsp3) is 1.00. The molecular weight excluding hydrogens is 128 g/mol. The molecule has 0 aromatic heterocycles. The molecule has 1 fully saturated rings. The van der Waals surface area contributed by atoms with Crippen molar-refractivity contribution in [2.75, 3.05) is 11.5 Å². The minimum Gasteiger partial charge on any atom is -0.161 e. The van der Waals surface area contributed by atoms with Crippen molar-refractivity contribution < 1.29 is 0 Å². The molecule has 0 unspecified atom stereocenters. The first-order valence-corrected chi connectivity index (χ1v) is 5.16. The van der Waals surface area contributed by atoms with E-state index in [0.717, 1.165) is 5.92 Å². The van der Waals surface area contributed by atoms with Crippen LogP contribution in [0.15, 0.2) is 0 Å². The molecule has 1 aliphatic heterocycles. The van der Waals surface area contributed by atoms with Gasteiger partial charge in [-0.25, -0.2) is 0 Å². The predicted octanol–water partition coefficient (Wildman–Crippen LogP) is 2.93. The van der Waals surface area contributed by atoms with Crippen molar-refractivity contribution in [3.8, 4) is 0 Å². The van der Waals surface area contributed by atoms with Crippen LogP contribution in [0.3, 0.4) is 0 Å². The minimum atomic E-state index is 1.10. The van der Waals surface area contributed by atoms with Crippen LogP contribution in [0.5, 0.6) is 0 Å². The summed E-state index contributed by atoms with van der Waals surface area (Å²) in [6, 6.07) is 0. The van der Waals surface area contributed by atoms with Crippen LogP contribution >= 0.6 is 11.8 Å². The molecule has 0 spiro atoms. The number of hydrogen-bond acceptors (Lipinski definition) is 1. The summed E-state index contributed by atoms with van der Waals surface area (Å²) in [5.41, 5.74) is 0. The second-order valence-electron chi connectivity index (χ2n) is 2.90. The van der Waals surface area contributed by atoms with Crippen LogP contribution in [0, 0.1) is 5.92 Å². The predicted molar refractivity (Wildman–Crippen MR) is 45.0 cm³/mol. The van der Waals surface area contributed by atoms with Gasteiger partial charge in [-0.3, -0.25) is 0 Å². The SMILES string of the molecule is CCCCCC1CSC1. The average molecular weight is 144 g/mol. The van der Waals surface area contributed by atoms with E-state index < -0.39 is 0 Å². The molecule has 0 amide bonds. The van der Waals surface area contributed by atoms with E-state index in [0.29, 0.717) is 0 Å². The lowest BCUT2D eigenvalue weighted by Crippen LogP contribution is -2.17. The molecule has 9 heavy (non-hydrogen) atoms. The van der Waals surface area contributed by atoms with E-state index in [1.807, 2.05) is 0 Å². The zero-order valence-corrected chi connectivity index (χ0v) is 7.04. The van der Waals surface area contributed by atoms with Crippen molar-refractivity contribution in [3.63, 3.8) is 0 Å². The Morgan fingerprint density at radius 1 is 1.33 bits per heavy atom. The van der Waals surface area contributed by atoms with E-state index in [1.165, 1.54) is 37.2 Å². The van der Waals surface area contributed by atoms with Crippen molar-refractivity contribution in [2.45, 2.75) is 32.6 Å². The maximum Gasteiger partial charge on any atom is -0.00311 e. The standard InChI is InChI=1S/C8H16S/c1-2-3-4-5-8-6-9-7-8/h8H,2-7H2,1H3. The van der Waals surface area contributed by atoms with Gasteiger partial charge in [0.15, 0.2) is 0 Å². The molecule has 1 saturated heterocycles. The third-order valence-corrected chi connectivity index (χ3v) is 3.34. The molecule has 0 nitrogen and oxygen atoms in total. The lowest BCUT2D eigenvalue weighted by molar-refractivity contribution is 0.529. The van der Waals surface area contributed by atoms with Gasteiger partial charge < -0.3 is 0 Å². The number of thioether (sulfide) groups is 1. The summed E-state index contributed by atoms with van der Waals surface area (Å²) in [6.45, 7) is 2.27. The number of rotatable bonds is 4. The summed E-state index contributed by atoms with van der Waals surface area (Å²) in [4.78, 5) is 0. The Kier molecular flexibility index (Phi) is 3.49. The van der Waals surface area contributed by atoms with Crippen LogP contribution in [0.4, 0.5) is 0 Å². The number of hydrogen-bond donors (Lipinski definition) is 0. The highest BCUT2D eigenvalue weighted by Crippen LogP contribution is 2.28. The first kappa shape index (κ1) is 7.46. The Hall–Kier alpha value is 0.350. The topological polar surface area (TPSA) is 0 Å². The highest BCUT2D eigenvalue weighted by molar-refractivity contribution is 8.00. The second-order valence-corrected chi connectivity index (χ2v) is 3.97. The van der Waals surface area contributed by atoms with Gasteiger partial charge in [0, 0.05) is 0 Å². The van der Waals surface area contributed by atoms with Crippen molar-refractivity contribution in [2.24, 2.45) is 5.92 Å². The molecule has 0 aromatic rings. The van der Waals surface area contributed by atoms with Gasteiger partial charge in [0.2, 0.25) is 0 Å². The van der Waals surface area contributed by atoms with Crippen LogP contribution < -0.4 is 0 Å². The van der Waals surface area contributed by atoms with Gasteiger partial charge in [0.1, 0.15) is 0 Å². The van der Waals surface area contributed by atoms with Crippen LogP contribution in [-0.2, 0) is 0 Å². The largest absolute Gasteiger partial charge is 0.161 e. The van der Waals surface area contributed by atoms with Gasteiger partial charge in [0.05, 0.1) is 0 Å². The van der Waals surface area contributed by atoms with Crippen molar-refractivity contribution in [3.05, 3.63) is 0 Å². The van der Waals surface area contributed by atoms with Gasteiger partial charge in [-0.1, -0.05) is 26.2 Å². The van der Waals surface area contributed by atoms with Crippen LogP contribution in [0.25, 0.3) is 0 Å². The van der Waals surface area contributed by atoms with E-state index in [4.69, 9.17) is 0 Å². The van der Waals surface area contributed by atoms with Gasteiger partial charge in [0.25, 0.3) is 0 Å². The molecule has 0 N–H and O–H groups in total. The zero-order chi connectivity index (χ0) is 6.53. The highest BCUT2D eigenvalue weighted by Gasteiger charge is 2.16. The highest BCUT2D eigenvalue weighted by atomic mass is 32.2. The Labute approximate surface area is 62.4 Å². The summed E-state index contributed by atoms with van der Waals surface area (Å²) in [6.07, 6.45) is 5.80. The molecule has 0 aliphatic carbocycles. The van der Waals surface area contributed by atoms with Crippen LogP contribution in [0.2, 0.25) is 0 Å². The summed E-state index contributed by atoms with van der Waals surface area (Å²) >= 11 is 2.10. The van der Waals surface area contributed by atoms with E-state index in [2.05, 4.69) is 18.7 Å². The fourth-order valence-electron chi connectivity index (χ4n) is 1.13. The summed E-state index contributed by atoms with van der Waals surface area (Å²) in [5.74, 6) is 3.99. The first-order chi connectivity index (χ1) is 4.43. The molecular formula is C8H16S. The minimum absolute atomic E-state index is 1.10. The van der Waals surface area contributed by atoms with Crippen molar-refractivity contribution >= 4 is 11.8 Å².